The highest BCUT2D eigenvalue weighted by molar-refractivity contribution is 5.93. The van der Waals surface area contributed by atoms with Crippen LogP contribution in [0.2, 0.25) is 0 Å². The molecule has 1 heterocycles. The monoisotopic (exact) mass is 538 g/mol. The zero-order valence-corrected chi connectivity index (χ0v) is 24.8. The maximum Gasteiger partial charge on any atom is 0.335 e. The molecule has 0 aliphatic heterocycles. The van der Waals surface area contributed by atoms with Gasteiger partial charge < -0.3 is 14.4 Å². The van der Waals surface area contributed by atoms with E-state index in [0.29, 0.717) is 12.6 Å². The van der Waals surface area contributed by atoms with Gasteiger partial charge in [0.25, 0.3) is 0 Å². The highest BCUT2D eigenvalue weighted by atomic mass is 16.5. The molecule has 0 bridgehead atoms. The predicted octanol–water partition coefficient (Wildman–Crippen LogP) is 9.08. The van der Waals surface area contributed by atoms with Gasteiger partial charge in [-0.25, -0.2) is 9.78 Å². The van der Waals surface area contributed by atoms with Crippen LogP contribution in [0.15, 0.2) is 60.7 Å². The molecule has 5 nitrogen and oxygen atoms in total. The summed E-state index contributed by atoms with van der Waals surface area (Å²) in [5, 5.41) is 9.51. The fourth-order valence-electron chi connectivity index (χ4n) is 5.65. The second-order valence-electron chi connectivity index (χ2n) is 13.3. The van der Waals surface area contributed by atoms with Crippen molar-refractivity contribution in [2.24, 2.45) is 0 Å². The third-order valence-electron chi connectivity index (χ3n) is 8.12. The molecule has 0 spiro atoms. The van der Waals surface area contributed by atoms with Gasteiger partial charge in [0.05, 0.1) is 16.6 Å². The predicted molar refractivity (Wildman–Crippen MR) is 162 cm³/mol. The van der Waals surface area contributed by atoms with Gasteiger partial charge in [-0.1, -0.05) is 79.0 Å². The maximum atomic E-state index is 11.6. The van der Waals surface area contributed by atoms with E-state index in [2.05, 4.69) is 76.4 Å². The van der Waals surface area contributed by atoms with Crippen LogP contribution >= 0.6 is 0 Å². The van der Waals surface area contributed by atoms with Crippen molar-refractivity contribution in [3.63, 3.8) is 0 Å². The van der Waals surface area contributed by atoms with E-state index in [-0.39, 0.29) is 16.4 Å². The van der Waals surface area contributed by atoms with Crippen LogP contribution in [-0.2, 0) is 17.4 Å². The molecule has 4 aromatic rings. The van der Waals surface area contributed by atoms with E-state index in [0.717, 1.165) is 41.0 Å². The normalized spacial score (nSPS) is 14.9. The van der Waals surface area contributed by atoms with Crippen LogP contribution in [0.3, 0.4) is 0 Å². The molecule has 0 amide bonds. The fraction of sp³-hybridized carbons (Fsp3) is 0.429. The van der Waals surface area contributed by atoms with E-state index in [1.54, 1.807) is 12.1 Å². The van der Waals surface area contributed by atoms with Gasteiger partial charge in [0.2, 0.25) is 0 Å². The lowest BCUT2D eigenvalue weighted by molar-refractivity contribution is 0.0697. The number of carboxylic acids is 1. The number of imidazole rings is 1. The number of aromatic nitrogens is 2. The average Bonchev–Trinajstić information content (AvgIpc) is 3.30. The molecular formula is C35H42N2O3. The molecule has 0 saturated heterocycles. The molecule has 1 aliphatic carbocycles. The summed E-state index contributed by atoms with van der Waals surface area (Å²) in [4.78, 5) is 16.5. The second-order valence-corrected chi connectivity index (χ2v) is 13.3. The number of rotatable bonds is 6. The first kappa shape index (κ1) is 27.9. The number of carboxylic acid groups (broad SMARTS) is 1. The van der Waals surface area contributed by atoms with E-state index in [1.807, 2.05) is 18.2 Å². The van der Waals surface area contributed by atoms with Crippen LogP contribution in [-0.4, -0.2) is 20.6 Å². The molecule has 3 aromatic carbocycles. The number of carbonyl (C=O) groups is 1. The molecule has 5 heteroatoms. The first-order chi connectivity index (χ1) is 18.9. The summed E-state index contributed by atoms with van der Waals surface area (Å²) in [5.74, 6) is 0.777. The summed E-state index contributed by atoms with van der Waals surface area (Å²) in [7, 11) is 0. The summed E-state index contributed by atoms with van der Waals surface area (Å²) in [6, 6.07) is 20.7. The Morgan fingerprint density at radius 2 is 1.50 bits per heavy atom. The van der Waals surface area contributed by atoms with Crippen LogP contribution in [0, 0.1) is 0 Å². The average molecular weight is 539 g/mol. The molecule has 0 atom stereocenters. The van der Waals surface area contributed by atoms with Crippen molar-refractivity contribution in [3.05, 3.63) is 82.9 Å². The molecular weight excluding hydrogens is 496 g/mol. The number of benzene rings is 3. The minimum absolute atomic E-state index is 0.0622. The van der Waals surface area contributed by atoms with E-state index in [9.17, 15) is 9.90 Å². The summed E-state index contributed by atoms with van der Waals surface area (Å²) in [5.41, 5.74) is 6.95. The quantitative estimate of drug-likeness (QED) is 0.266. The molecule has 1 fully saturated rings. The van der Waals surface area contributed by atoms with Gasteiger partial charge in [-0.3, -0.25) is 0 Å². The van der Waals surface area contributed by atoms with E-state index < -0.39 is 5.97 Å². The topological polar surface area (TPSA) is 64.3 Å². The van der Waals surface area contributed by atoms with Gasteiger partial charge in [0.1, 0.15) is 18.2 Å². The van der Waals surface area contributed by atoms with Crippen molar-refractivity contribution in [2.45, 2.75) is 97.1 Å². The van der Waals surface area contributed by atoms with Crippen LogP contribution < -0.4 is 4.74 Å². The third kappa shape index (κ3) is 5.94. The Balaban J connectivity index is 1.43. The van der Waals surface area contributed by atoms with Gasteiger partial charge in [-0.15, -0.1) is 0 Å². The Labute approximate surface area is 238 Å². The van der Waals surface area contributed by atoms with Crippen molar-refractivity contribution in [3.8, 4) is 17.1 Å². The second kappa shape index (κ2) is 10.8. The largest absolute Gasteiger partial charge is 0.489 e. The highest BCUT2D eigenvalue weighted by Gasteiger charge is 2.24. The summed E-state index contributed by atoms with van der Waals surface area (Å²) < 4.78 is 8.61. The van der Waals surface area contributed by atoms with Gasteiger partial charge >= 0.3 is 5.97 Å². The molecule has 0 unspecified atom stereocenters. The van der Waals surface area contributed by atoms with Gasteiger partial charge in [-0.05, 0) is 82.8 Å². The lowest BCUT2D eigenvalue weighted by Crippen LogP contribution is -2.17. The minimum Gasteiger partial charge on any atom is -0.489 e. The molecule has 1 aromatic heterocycles. The first-order valence-electron chi connectivity index (χ1n) is 14.5. The zero-order valence-electron chi connectivity index (χ0n) is 24.8. The van der Waals surface area contributed by atoms with Gasteiger partial charge in [0.15, 0.2) is 0 Å². The Bertz CT molecular complexity index is 1480. The Kier molecular flexibility index (Phi) is 7.52. The smallest absolute Gasteiger partial charge is 0.335 e. The van der Waals surface area contributed by atoms with Crippen molar-refractivity contribution < 1.29 is 14.6 Å². The lowest BCUT2D eigenvalue weighted by atomic mass is 9.79. The van der Waals surface area contributed by atoms with Crippen molar-refractivity contribution >= 4 is 17.0 Å². The zero-order chi connectivity index (χ0) is 28.7. The van der Waals surface area contributed by atoms with Gasteiger partial charge in [-0.2, -0.15) is 0 Å². The number of aromatic carboxylic acids is 1. The van der Waals surface area contributed by atoms with Gasteiger partial charge in [0, 0.05) is 11.6 Å². The van der Waals surface area contributed by atoms with E-state index in [4.69, 9.17) is 9.72 Å². The molecule has 5 rings (SSSR count). The van der Waals surface area contributed by atoms with Crippen LogP contribution in [0.4, 0.5) is 0 Å². The van der Waals surface area contributed by atoms with Crippen LogP contribution in [0.5, 0.6) is 5.75 Å². The number of hydrogen-bond acceptors (Lipinski definition) is 3. The molecule has 0 radical (unpaired) electrons. The SMILES string of the molecule is CC(C)(C)c1cc(COc2ccc(-c3nc4cc(C(=O)O)ccc4n3C3CCCCC3)cc2)cc(C(C)(C)C)c1. The molecule has 1 saturated carbocycles. The highest BCUT2D eigenvalue weighted by Crippen LogP contribution is 2.37. The number of nitrogens with zero attached hydrogens (tertiary/aromatic N) is 2. The Morgan fingerprint density at radius 3 is 2.08 bits per heavy atom. The molecule has 1 N–H and O–H groups in total. The lowest BCUT2D eigenvalue weighted by Gasteiger charge is -2.26. The number of hydrogen-bond donors (Lipinski definition) is 1. The minimum atomic E-state index is -0.931. The molecule has 40 heavy (non-hydrogen) atoms. The maximum absolute atomic E-state index is 11.6. The Morgan fingerprint density at radius 1 is 0.875 bits per heavy atom. The number of fused-ring (bicyclic) bond motifs is 1. The Hall–Kier alpha value is -3.60. The molecule has 210 valence electrons. The summed E-state index contributed by atoms with van der Waals surface area (Å²) in [6.07, 6.45) is 5.91. The summed E-state index contributed by atoms with van der Waals surface area (Å²) >= 11 is 0. The molecule has 1 aliphatic rings. The fourth-order valence-corrected chi connectivity index (χ4v) is 5.65. The first-order valence-corrected chi connectivity index (χ1v) is 14.5. The van der Waals surface area contributed by atoms with Crippen LogP contribution in [0.25, 0.3) is 22.4 Å². The van der Waals surface area contributed by atoms with Crippen molar-refractivity contribution in [1.82, 2.24) is 9.55 Å². The van der Waals surface area contributed by atoms with Crippen molar-refractivity contribution in [2.75, 3.05) is 0 Å². The van der Waals surface area contributed by atoms with Crippen LogP contribution in [0.1, 0.15) is 107 Å². The van der Waals surface area contributed by atoms with E-state index >= 15 is 0 Å². The standard InChI is InChI=1S/C35H42N2O3/c1-34(2,3)26-18-23(19-27(21-26)35(4,5)6)22-40-29-15-12-24(13-16-29)32-36-30-20-25(33(38)39)14-17-31(30)37(32)28-10-8-7-9-11-28/h12-21,28H,7-11,22H2,1-6H3,(H,38,39). The van der Waals surface area contributed by atoms with Crippen molar-refractivity contribution in [1.29, 1.82) is 0 Å². The number of ether oxygens (including phenoxy) is 1. The van der Waals surface area contributed by atoms with E-state index in [1.165, 1.54) is 36.0 Å². The summed E-state index contributed by atoms with van der Waals surface area (Å²) in [6.45, 7) is 14.0. The third-order valence-corrected chi connectivity index (χ3v) is 8.12.